The molecule has 14 heavy (non-hydrogen) atoms. The molecule has 1 atom stereocenters. The SMILES string of the molecule is O=C(NCC1(O)CCOC1)C1CCC1. The number of aliphatic hydroxyl groups is 1. The predicted molar refractivity (Wildman–Crippen MR) is 50.7 cm³/mol. The van der Waals surface area contributed by atoms with E-state index >= 15 is 0 Å². The second-order valence-corrected chi connectivity index (χ2v) is 4.37. The molecule has 80 valence electrons. The van der Waals surface area contributed by atoms with Crippen LogP contribution in [-0.2, 0) is 9.53 Å². The largest absolute Gasteiger partial charge is 0.386 e. The first-order valence-electron chi connectivity index (χ1n) is 5.27. The van der Waals surface area contributed by atoms with E-state index in [1.807, 2.05) is 0 Å². The van der Waals surface area contributed by atoms with Crippen molar-refractivity contribution in [1.29, 1.82) is 0 Å². The number of carbonyl (C=O) groups is 1. The van der Waals surface area contributed by atoms with E-state index in [1.54, 1.807) is 0 Å². The first-order valence-corrected chi connectivity index (χ1v) is 5.27. The molecular formula is C10H17NO3. The first-order chi connectivity index (χ1) is 6.70. The van der Waals surface area contributed by atoms with Crippen molar-refractivity contribution in [3.8, 4) is 0 Å². The van der Waals surface area contributed by atoms with Crippen LogP contribution in [0.25, 0.3) is 0 Å². The minimum absolute atomic E-state index is 0.0941. The lowest BCUT2D eigenvalue weighted by atomic mass is 9.84. The van der Waals surface area contributed by atoms with Crippen LogP contribution in [0.2, 0.25) is 0 Å². The van der Waals surface area contributed by atoms with Gasteiger partial charge in [-0.3, -0.25) is 4.79 Å². The lowest BCUT2D eigenvalue weighted by Gasteiger charge is -2.27. The average molecular weight is 199 g/mol. The van der Waals surface area contributed by atoms with Gasteiger partial charge in [-0.2, -0.15) is 0 Å². The van der Waals surface area contributed by atoms with Gasteiger partial charge >= 0.3 is 0 Å². The van der Waals surface area contributed by atoms with Gasteiger partial charge in [0.2, 0.25) is 5.91 Å². The molecule has 4 nitrogen and oxygen atoms in total. The summed E-state index contributed by atoms with van der Waals surface area (Å²) in [6, 6.07) is 0. The summed E-state index contributed by atoms with van der Waals surface area (Å²) >= 11 is 0. The fraction of sp³-hybridized carbons (Fsp3) is 0.900. The zero-order chi connectivity index (χ0) is 10.0. The molecule has 4 heteroatoms. The van der Waals surface area contributed by atoms with Gasteiger partial charge in [0.1, 0.15) is 5.60 Å². The van der Waals surface area contributed by atoms with Crippen LogP contribution in [0.5, 0.6) is 0 Å². The summed E-state index contributed by atoms with van der Waals surface area (Å²) in [7, 11) is 0. The molecule has 0 aromatic carbocycles. The summed E-state index contributed by atoms with van der Waals surface area (Å²) < 4.78 is 5.09. The molecule has 1 amide bonds. The Bertz CT molecular complexity index is 219. The van der Waals surface area contributed by atoms with Crippen LogP contribution < -0.4 is 5.32 Å². The maximum Gasteiger partial charge on any atom is 0.223 e. The third kappa shape index (κ3) is 2.07. The van der Waals surface area contributed by atoms with Gasteiger partial charge < -0.3 is 15.2 Å². The number of hydrogen-bond donors (Lipinski definition) is 2. The second-order valence-electron chi connectivity index (χ2n) is 4.37. The van der Waals surface area contributed by atoms with Crippen LogP contribution in [0.15, 0.2) is 0 Å². The van der Waals surface area contributed by atoms with Gasteiger partial charge in [0.25, 0.3) is 0 Å². The van der Waals surface area contributed by atoms with E-state index in [9.17, 15) is 9.90 Å². The van der Waals surface area contributed by atoms with Gasteiger partial charge in [0.05, 0.1) is 6.61 Å². The predicted octanol–water partition coefficient (Wildman–Crippen LogP) is 0.0541. The van der Waals surface area contributed by atoms with Crippen LogP contribution in [0.4, 0.5) is 0 Å². The quantitative estimate of drug-likeness (QED) is 0.675. The molecule has 1 saturated carbocycles. The van der Waals surface area contributed by atoms with Crippen molar-refractivity contribution >= 4 is 5.91 Å². The topological polar surface area (TPSA) is 58.6 Å². The molecule has 2 fully saturated rings. The van der Waals surface area contributed by atoms with Crippen LogP contribution in [0.3, 0.4) is 0 Å². The summed E-state index contributed by atoms with van der Waals surface area (Å²) in [6.45, 7) is 1.27. The van der Waals surface area contributed by atoms with Crippen molar-refractivity contribution in [3.05, 3.63) is 0 Å². The van der Waals surface area contributed by atoms with E-state index < -0.39 is 5.60 Å². The minimum Gasteiger partial charge on any atom is -0.386 e. The van der Waals surface area contributed by atoms with Gasteiger partial charge in [-0.1, -0.05) is 6.42 Å². The Hall–Kier alpha value is -0.610. The molecule has 1 saturated heterocycles. The molecular weight excluding hydrogens is 182 g/mol. The lowest BCUT2D eigenvalue weighted by molar-refractivity contribution is -0.128. The Morgan fingerprint density at radius 1 is 1.57 bits per heavy atom. The number of ether oxygens (including phenoxy) is 1. The Morgan fingerprint density at radius 3 is 2.86 bits per heavy atom. The van der Waals surface area contributed by atoms with E-state index in [4.69, 9.17) is 4.74 Å². The summed E-state index contributed by atoms with van der Waals surface area (Å²) in [6.07, 6.45) is 3.78. The van der Waals surface area contributed by atoms with Crippen molar-refractivity contribution in [1.82, 2.24) is 5.32 Å². The average Bonchev–Trinajstić information content (AvgIpc) is 2.47. The number of rotatable bonds is 3. The highest BCUT2D eigenvalue weighted by Crippen LogP contribution is 2.26. The van der Waals surface area contributed by atoms with E-state index in [2.05, 4.69) is 5.32 Å². The van der Waals surface area contributed by atoms with Gasteiger partial charge in [0.15, 0.2) is 0 Å². The molecule has 0 bridgehead atoms. The normalized spacial score (nSPS) is 32.6. The Balaban J connectivity index is 1.72. The monoisotopic (exact) mass is 199 g/mol. The molecule has 1 heterocycles. The zero-order valence-corrected chi connectivity index (χ0v) is 8.29. The van der Waals surface area contributed by atoms with Crippen LogP contribution in [0.1, 0.15) is 25.7 Å². The second kappa shape index (κ2) is 3.87. The molecule has 1 aliphatic carbocycles. The molecule has 0 aromatic rings. The van der Waals surface area contributed by atoms with E-state index in [-0.39, 0.29) is 11.8 Å². The Morgan fingerprint density at radius 2 is 2.36 bits per heavy atom. The van der Waals surface area contributed by atoms with Gasteiger partial charge in [0, 0.05) is 25.5 Å². The fourth-order valence-corrected chi connectivity index (χ4v) is 1.80. The lowest BCUT2D eigenvalue weighted by Crippen LogP contribution is -2.46. The molecule has 1 unspecified atom stereocenters. The van der Waals surface area contributed by atoms with E-state index in [0.29, 0.717) is 26.2 Å². The van der Waals surface area contributed by atoms with Crippen molar-refractivity contribution in [2.45, 2.75) is 31.3 Å². The van der Waals surface area contributed by atoms with E-state index in [0.717, 1.165) is 19.3 Å². The Kier molecular flexibility index (Phi) is 2.74. The molecule has 0 radical (unpaired) electrons. The maximum absolute atomic E-state index is 11.5. The third-order valence-electron chi connectivity index (χ3n) is 3.15. The first kappa shape index (κ1) is 9.93. The van der Waals surface area contributed by atoms with Gasteiger partial charge in [-0.05, 0) is 12.8 Å². The van der Waals surface area contributed by atoms with Crippen LogP contribution >= 0.6 is 0 Å². The maximum atomic E-state index is 11.5. The fourth-order valence-electron chi connectivity index (χ4n) is 1.80. The zero-order valence-electron chi connectivity index (χ0n) is 8.29. The van der Waals surface area contributed by atoms with Crippen molar-refractivity contribution in [3.63, 3.8) is 0 Å². The number of carbonyl (C=O) groups excluding carboxylic acids is 1. The van der Waals surface area contributed by atoms with Gasteiger partial charge in [-0.15, -0.1) is 0 Å². The third-order valence-corrected chi connectivity index (χ3v) is 3.15. The molecule has 2 rings (SSSR count). The van der Waals surface area contributed by atoms with Gasteiger partial charge in [-0.25, -0.2) is 0 Å². The van der Waals surface area contributed by atoms with Crippen molar-refractivity contribution < 1.29 is 14.6 Å². The number of hydrogen-bond acceptors (Lipinski definition) is 3. The number of amides is 1. The molecule has 2 aliphatic rings. The number of nitrogens with one attached hydrogen (secondary N) is 1. The van der Waals surface area contributed by atoms with Crippen molar-refractivity contribution in [2.24, 2.45) is 5.92 Å². The Labute approximate surface area is 83.6 Å². The van der Waals surface area contributed by atoms with E-state index in [1.165, 1.54) is 0 Å². The molecule has 0 aromatic heterocycles. The molecule has 2 N–H and O–H groups in total. The smallest absolute Gasteiger partial charge is 0.223 e. The highest BCUT2D eigenvalue weighted by Gasteiger charge is 2.34. The van der Waals surface area contributed by atoms with Crippen LogP contribution in [-0.4, -0.2) is 36.4 Å². The highest BCUT2D eigenvalue weighted by atomic mass is 16.5. The molecule has 1 aliphatic heterocycles. The minimum atomic E-state index is -0.820. The van der Waals surface area contributed by atoms with Crippen molar-refractivity contribution in [2.75, 3.05) is 19.8 Å². The summed E-state index contributed by atoms with van der Waals surface area (Å²) in [5.74, 6) is 0.289. The highest BCUT2D eigenvalue weighted by molar-refractivity contribution is 5.79. The molecule has 0 spiro atoms. The summed E-state index contributed by atoms with van der Waals surface area (Å²) in [4.78, 5) is 11.5. The summed E-state index contributed by atoms with van der Waals surface area (Å²) in [5.41, 5.74) is -0.820. The standard InChI is InChI=1S/C10H17NO3/c12-9(8-2-1-3-8)11-6-10(13)4-5-14-7-10/h8,13H,1-7H2,(H,11,12). The summed E-state index contributed by atoms with van der Waals surface area (Å²) in [5, 5.41) is 12.7. The van der Waals surface area contributed by atoms with Crippen LogP contribution in [0, 0.1) is 5.92 Å².